The molecule has 21 heavy (non-hydrogen) atoms. The van der Waals surface area contributed by atoms with E-state index >= 15 is 0 Å². The number of nitrogens with one attached hydrogen (secondary N) is 2. The molecule has 0 aliphatic rings. The van der Waals surface area contributed by atoms with Crippen LogP contribution in [0, 0.1) is 6.92 Å². The molecule has 0 saturated heterocycles. The molecule has 1 heterocycles. The summed E-state index contributed by atoms with van der Waals surface area (Å²) in [5, 5.41) is 8.31. The number of carbonyl (C=O) groups is 1. The fourth-order valence-corrected chi connectivity index (χ4v) is 3.18. The summed E-state index contributed by atoms with van der Waals surface area (Å²) in [6, 6.07) is 10.1. The van der Waals surface area contributed by atoms with Crippen molar-refractivity contribution in [3.8, 4) is 0 Å². The Kier molecular flexibility index (Phi) is 5.39. The maximum Gasteiger partial charge on any atom is 0.253 e. The third kappa shape index (κ3) is 3.85. The molecule has 1 unspecified atom stereocenters. The Morgan fingerprint density at radius 1 is 1.33 bits per heavy atom. The Morgan fingerprint density at radius 3 is 2.76 bits per heavy atom. The van der Waals surface area contributed by atoms with Crippen LogP contribution >= 0.6 is 11.3 Å². The van der Waals surface area contributed by atoms with Crippen LogP contribution < -0.4 is 10.6 Å². The van der Waals surface area contributed by atoms with Gasteiger partial charge in [-0.1, -0.05) is 31.0 Å². The van der Waals surface area contributed by atoms with E-state index in [1.807, 2.05) is 38.2 Å². The predicted molar refractivity (Wildman–Crippen MR) is 90.2 cm³/mol. The SMILES string of the molecule is CCCC(NC(=O)c1cc(C)ccc1NC)c1cccs1. The quantitative estimate of drug-likeness (QED) is 0.832. The van der Waals surface area contributed by atoms with Crippen LogP contribution in [0.15, 0.2) is 35.7 Å². The molecule has 1 amide bonds. The lowest BCUT2D eigenvalue weighted by Crippen LogP contribution is -2.28. The number of hydrogen-bond donors (Lipinski definition) is 2. The average Bonchev–Trinajstić information content (AvgIpc) is 3.00. The Balaban J connectivity index is 2.21. The van der Waals surface area contributed by atoms with Gasteiger partial charge in [0.15, 0.2) is 0 Å². The van der Waals surface area contributed by atoms with E-state index in [0.717, 1.165) is 24.1 Å². The van der Waals surface area contributed by atoms with Gasteiger partial charge in [0.05, 0.1) is 11.6 Å². The number of anilines is 1. The maximum absolute atomic E-state index is 12.6. The summed E-state index contributed by atoms with van der Waals surface area (Å²) in [6.45, 7) is 4.14. The molecule has 1 aromatic carbocycles. The molecule has 0 saturated carbocycles. The third-order valence-electron chi connectivity index (χ3n) is 3.46. The van der Waals surface area contributed by atoms with Gasteiger partial charge in [-0.25, -0.2) is 0 Å². The van der Waals surface area contributed by atoms with E-state index in [1.165, 1.54) is 4.88 Å². The van der Waals surface area contributed by atoms with Gasteiger partial charge in [-0.05, 0) is 36.9 Å². The van der Waals surface area contributed by atoms with Crippen molar-refractivity contribution in [3.05, 3.63) is 51.7 Å². The summed E-state index contributed by atoms with van der Waals surface area (Å²) in [4.78, 5) is 13.8. The molecule has 3 nitrogen and oxygen atoms in total. The predicted octanol–water partition coefficient (Wildman–Crippen LogP) is 4.37. The molecule has 2 rings (SSSR count). The monoisotopic (exact) mass is 302 g/mol. The van der Waals surface area contributed by atoms with Crippen molar-refractivity contribution >= 4 is 22.9 Å². The second-order valence-corrected chi connectivity index (χ2v) is 6.11. The highest BCUT2D eigenvalue weighted by atomic mass is 32.1. The highest BCUT2D eigenvalue weighted by Gasteiger charge is 2.18. The molecule has 0 aliphatic carbocycles. The van der Waals surface area contributed by atoms with Crippen LogP contribution in [0.5, 0.6) is 0 Å². The molecule has 2 N–H and O–H groups in total. The first-order chi connectivity index (χ1) is 10.2. The van der Waals surface area contributed by atoms with Crippen LogP contribution in [-0.2, 0) is 0 Å². The first kappa shape index (κ1) is 15.6. The fourth-order valence-electron chi connectivity index (χ4n) is 2.36. The summed E-state index contributed by atoms with van der Waals surface area (Å²) in [7, 11) is 1.84. The van der Waals surface area contributed by atoms with Crippen LogP contribution in [-0.4, -0.2) is 13.0 Å². The molecule has 1 atom stereocenters. The van der Waals surface area contributed by atoms with Crippen LogP contribution in [0.3, 0.4) is 0 Å². The topological polar surface area (TPSA) is 41.1 Å². The van der Waals surface area contributed by atoms with Crippen LogP contribution in [0.4, 0.5) is 5.69 Å². The lowest BCUT2D eigenvalue weighted by atomic mass is 10.1. The molecule has 0 bridgehead atoms. The van der Waals surface area contributed by atoms with Crippen molar-refractivity contribution in [1.29, 1.82) is 0 Å². The first-order valence-corrected chi connectivity index (χ1v) is 8.16. The number of amides is 1. The lowest BCUT2D eigenvalue weighted by molar-refractivity contribution is 0.0936. The number of rotatable bonds is 6. The summed E-state index contributed by atoms with van der Waals surface area (Å²) in [5.41, 5.74) is 2.65. The lowest BCUT2D eigenvalue weighted by Gasteiger charge is -2.18. The zero-order chi connectivity index (χ0) is 15.2. The van der Waals surface area contributed by atoms with Crippen molar-refractivity contribution in [3.63, 3.8) is 0 Å². The third-order valence-corrected chi connectivity index (χ3v) is 4.44. The number of benzene rings is 1. The van der Waals surface area contributed by atoms with Crippen LogP contribution in [0.2, 0.25) is 0 Å². The van der Waals surface area contributed by atoms with E-state index in [4.69, 9.17) is 0 Å². The molecular weight excluding hydrogens is 280 g/mol. The highest BCUT2D eigenvalue weighted by molar-refractivity contribution is 7.10. The van der Waals surface area contributed by atoms with Crippen LogP contribution in [0.25, 0.3) is 0 Å². The molecule has 0 spiro atoms. The minimum Gasteiger partial charge on any atom is -0.387 e. The van der Waals surface area contributed by atoms with Gasteiger partial charge in [0, 0.05) is 17.6 Å². The zero-order valence-electron chi connectivity index (χ0n) is 12.8. The van der Waals surface area contributed by atoms with Crippen LogP contribution in [0.1, 0.15) is 46.6 Å². The van der Waals surface area contributed by atoms with Gasteiger partial charge in [-0.15, -0.1) is 11.3 Å². The van der Waals surface area contributed by atoms with Gasteiger partial charge in [-0.3, -0.25) is 4.79 Å². The van der Waals surface area contributed by atoms with Gasteiger partial charge in [0.25, 0.3) is 5.91 Å². The van der Waals surface area contributed by atoms with E-state index in [2.05, 4.69) is 29.0 Å². The molecule has 0 fully saturated rings. The molecule has 112 valence electrons. The molecule has 0 aliphatic heterocycles. The second-order valence-electron chi connectivity index (χ2n) is 5.13. The molecule has 0 radical (unpaired) electrons. The smallest absolute Gasteiger partial charge is 0.253 e. The van der Waals surface area contributed by atoms with Gasteiger partial charge in [0.2, 0.25) is 0 Å². The highest BCUT2D eigenvalue weighted by Crippen LogP contribution is 2.25. The molecular formula is C17H22N2OS. The minimum atomic E-state index is -0.0186. The number of hydrogen-bond acceptors (Lipinski definition) is 3. The van der Waals surface area contributed by atoms with Crippen molar-refractivity contribution in [2.24, 2.45) is 0 Å². The first-order valence-electron chi connectivity index (χ1n) is 7.28. The maximum atomic E-state index is 12.6. The Hall–Kier alpha value is -1.81. The van der Waals surface area contributed by atoms with E-state index < -0.39 is 0 Å². The van der Waals surface area contributed by atoms with E-state index in [0.29, 0.717) is 5.56 Å². The van der Waals surface area contributed by atoms with Gasteiger partial charge in [-0.2, -0.15) is 0 Å². The minimum absolute atomic E-state index is 0.0186. The largest absolute Gasteiger partial charge is 0.387 e. The van der Waals surface area contributed by atoms with Gasteiger partial charge >= 0.3 is 0 Å². The Bertz CT molecular complexity index is 593. The average molecular weight is 302 g/mol. The zero-order valence-corrected chi connectivity index (χ0v) is 13.6. The van der Waals surface area contributed by atoms with E-state index in [9.17, 15) is 4.79 Å². The summed E-state index contributed by atoms with van der Waals surface area (Å²) >= 11 is 1.69. The van der Waals surface area contributed by atoms with Crippen molar-refractivity contribution in [1.82, 2.24) is 5.32 Å². The number of thiophene rings is 1. The molecule has 4 heteroatoms. The number of carbonyl (C=O) groups excluding carboxylic acids is 1. The van der Waals surface area contributed by atoms with Crippen molar-refractivity contribution in [2.45, 2.75) is 32.7 Å². The molecule has 2 aromatic rings. The van der Waals surface area contributed by atoms with Gasteiger partial charge in [0.1, 0.15) is 0 Å². The standard InChI is InChI=1S/C17H22N2OS/c1-4-6-15(16-7-5-10-21-16)19-17(20)13-11-12(2)8-9-14(13)18-3/h5,7-11,15,18H,4,6H2,1-3H3,(H,19,20). The summed E-state index contributed by atoms with van der Waals surface area (Å²) in [6.07, 6.45) is 1.99. The summed E-state index contributed by atoms with van der Waals surface area (Å²) in [5.74, 6) is -0.0186. The Morgan fingerprint density at radius 2 is 2.14 bits per heavy atom. The van der Waals surface area contributed by atoms with E-state index in [1.54, 1.807) is 11.3 Å². The normalized spacial score (nSPS) is 12.0. The van der Waals surface area contributed by atoms with E-state index in [-0.39, 0.29) is 11.9 Å². The van der Waals surface area contributed by atoms with Crippen molar-refractivity contribution in [2.75, 3.05) is 12.4 Å². The number of aryl methyl sites for hydroxylation is 1. The molecule has 1 aromatic heterocycles. The fraction of sp³-hybridized carbons (Fsp3) is 0.353. The van der Waals surface area contributed by atoms with Crippen molar-refractivity contribution < 1.29 is 4.79 Å². The summed E-state index contributed by atoms with van der Waals surface area (Å²) < 4.78 is 0. The van der Waals surface area contributed by atoms with Gasteiger partial charge < -0.3 is 10.6 Å². The Labute approximate surface area is 130 Å². The second kappa shape index (κ2) is 7.27.